The van der Waals surface area contributed by atoms with Gasteiger partial charge in [0, 0.05) is 18.0 Å². The molecule has 0 saturated heterocycles. The van der Waals surface area contributed by atoms with E-state index in [0.29, 0.717) is 30.4 Å². The highest BCUT2D eigenvalue weighted by molar-refractivity contribution is 7.92. The van der Waals surface area contributed by atoms with Crippen LogP contribution in [0.3, 0.4) is 0 Å². The minimum absolute atomic E-state index is 0.130. The van der Waals surface area contributed by atoms with E-state index in [4.69, 9.17) is 9.47 Å². The predicted molar refractivity (Wildman–Crippen MR) is 86.9 cm³/mol. The van der Waals surface area contributed by atoms with Gasteiger partial charge in [-0.25, -0.2) is 13.4 Å². The molecule has 7 nitrogen and oxygen atoms in total. The maximum Gasteiger partial charge on any atom is 0.242 e. The number of ether oxygens (including phenoxy) is 2. The summed E-state index contributed by atoms with van der Waals surface area (Å²) in [6, 6.07) is 9.44. The molecular weight excluding hydrogens is 332 g/mol. The highest BCUT2D eigenvalue weighted by Crippen LogP contribution is 2.32. The lowest BCUT2D eigenvalue weighted by atomic mass is 10.2. The molecule has 0 saturated carbocycles. The Morgan fingerprint density at radius 1 is 1.17 bits per heavy atom. The number of sulfone groups is 1. The second-order valence-electron chi connectivity index (χ2n) is 5.20. The lowest BCUT2D eigenvalue weighted by Crippen LogP contribution is -2.33. The van der Waals surface area contributed by atoms with Gasteiger partial charge in [0.25, 0.3) is 0 Å². The number of carbonyl (C=O) groups is 1. The third kappa shape index (κ3) is 3.18. The molecule has 0 fully saturated rings. The normalized spacial score (nSPS) is 14.7. The Hall–Kier alpha value is -2.61. The van der Waals surface area contributed by atoms with Gasteiger partial charge in [0.05, 0.1) is 0 Å². The van der Waals surface area contributed by atoms with Crippen LogP contribution in [0.1, 0.15) is 6.92 Å². The number of nitrogens with one attached hydrogen (secondary N) is 1. The van der Waals surface area contributed by atoms with E-state index in [-0.39, 0.29) is 5.03 Å². The van der Waals surface area contributed by atoms with Crippen molar-refractivity contribution in [3.05, 3.63) is 42.6 Å². The van der Waals surface area contributed by atoms with Crippen molar-refractivity contribution in [1.29, 1.82) is 0 Å². The van der Waals surface area contributed by atoms with Crippen molar-refractivity contribution in [2.45, 2.75) is 17.2 Å². The van der Waals surface area contributed by atoms with Crippen molar-refractivity contribution < 1.29 is 22.7 Å². The number of hydrogen-bond acceptors (Lipinski definition) is 6. The van der Waals surface area contributed by atoms with Gasteiger partial charge in [-0.15, -0.1) is 0 Å². The summed E-state index contributed by atoms with van der Waals surface area (Å²) in [6.07, 6.45) is 1.37. The first-order valence-electron chi connectivity index (χ1n) is 7.34. The van der Waals surface area contributed by atoms with Crippen LogP contribution in [0.4, 0.5) is 5.69 Å². The molecule has 1 amide bonds. The standard InChI is InChI=1S/C16H16N2O5S/c1-11(24(20,21)15-4-2-3-7-17-15)16(19)18-12-5-6-13-14(10-12)23-9-8-22-13/h2-7,10-11H,8-9H2,1H3,(H,18,19)/t11-/m1/s1. The fourth-order valence-corrected chi connectivity index (χ4v) is 3.38. The average molecular weight is 348 g/mol. The Morgan fingerprint density at radius 2 is 1.92 bits per heavy atom. The summed E-state index contributed by atoms with van der Waals surface area (Å²) in [4.78, 5) is 16.1. The summed E-state index contributed by atoms with van der Waals surface area (Å²) in [7, 11) is -3.85. The molecule has 1 aliphatic heterocycles. The zero-order valence-electron chi connectivity index (χ0n) is 12.9. The smallest absolute Gasteiger partial charge is 0.242 e. The van der Waals surface area contributed by atoms with Crippen LogP contribution in [0, 0.1) is 0 Å². The lowest BCUT2D eigenvalue weighted by molar-refractivity contribution is -0.115. The van der Waals surface area contributed by atoms with Gasteiger partial charge in [0.1, 0.15) is 18.5 Å². The van der Waals surface area contributed by atoms with Crippen LogP contribution in [0.5, 0.6) is 11.5 Å². The molecule has 1 aromatic heterocycles. The van der Waals surface area contributed by atoms with Crippen molar-refractivity contribution >= 4 is 21.4 Å². The molecule has 0 bridgehead atoms. The van der Waals surface area contributed by atoms with E-state index < -0.39 is 21.0 Å². The molecule has 126 valence electrons. The fourth-order valence-electron chi connectivity index (χ4n) is 2.20. The van der Waals surface area contributed by atoms with Crippen LogP contribution in [0.15, 0.2) is 47.6 Å². The summed E-state index contributed by atoms with van der Waals surface area (Å²) >= 11 is 0. The van der Waals surface area contributed by atoms with Gasteiger partial charge in [-0.05, 0) is 31.2 Å². The summed E-state index contributed by atoms with van der Waals surface area (Å²) < 4.78 is 35.7. The van der Waals surface area contributed by atoms with Gasteiger partial charge < -0.3 is 14.8 Å². The number of aromatic nitrogens is 1. The molecular formula is C16H16N2O5S. The first-order valence-corrected chi connectivity index (χ1v) is 8.88. The maximum atomic E-state index is 12.4. The van der Waals surface area contributed by atoms with Gasteiger partial charge in [0.2, 0.25) is 15.7 Å². The highest BCUT2D eigenvalue weighted by Gasteiger charge is 2.31. The summed E-state index contributed by atoms with van der Waals surface area (Å²) in [5, 5.41) is 1.18. The van der Waals surface area contributed by atoms with Crippen LogP contribution in [0.25, 0.3) is 0 Å². The molecule has 0 radical (unpaired) electrons. The minimum Gasteiger partial charge on any atom is -0.486 e. The van der Waals surface area contributed by atoms with Crippen molar-refractivity contribution in [1.82, 2.24) is 4.98 Å². The Kier molecular flexibility index (Phi) is 4.39. The largest absolute Gasteiger partial charge is 0.486 e. The molecule has 1 N–H and O–H groups in total. The number of rotatable bonds is 4. The number of fused-ring (bicyclic) bond motifs is 1. The minimum atomic E-state index is -3.85. The second kappa shape index (κ2) is 6.48. The number of anilines is 1. The van der Waals surface area contributed by atoms with Gasteiger partial charge in [-0.3, -0.25) is 4.79 Å². The lowest BCUT2D eigenvalue weighted by Gasteiger charge is -2.19. The quantitative estimate of drug-likeness (QED) is 0.903. The Bertz CT molecular complexity index is 852. The molecule has 0 unspecified atom stereocenters. The third-order valence-corrected chi connectivity index (χ3v) is 5.54. The molecule has 2 aromatic rings. The van der Waals surface area contributed by atoms with Gasteiger partial charge in [0.15, 0.2) is 16.5 Å². The van der Waals surface area contributed by atoms with Gasteiger partial charge >= 0.3 is 0 Å². The average Bonchev–Trinajstić information content (AvgIpc) is 2.61. The summed E-state index contributed by atoms with van der Waals surface area (Å²) in [5.41, 5.74) is 0.437. The van der Waals surface area contributed by atoms with Crippen molar-refractivity contribution in [2.24, 2.45) is 0 Å². The second-order valence-corrected chi connectivity index (χ2v) is 7.42. The molecule has 3 rings (SSSR count). The summed E-state index contributed by atoms with van der Waals surface area (Å²) in [5.74, 6) is 0.463. The zero-order valence-corrected chi connectivity index (χ0v) is 13.7. The van der Waals surface area contributed by atoms with Crippen molar-refractivity contribution in [3.8, 4) is 11.5 Å². The van der Waals surface area contributed by atoms with E-state index in [1.165, 1.54) is 19.2 Å². The van der Waals surface area contributed by atoms with E-state index in [9.17, 15) is 13.2 Å². The zero-order chi connectivity index (χ0) is 17.2. The number of amides is 1. The van der Waals surface area contributed by atoms with E-state index >= 15 is 0 Å². The SMILES string of the molecule is C[C@H](C(=O)Nc1ccc2c(c1)OCCO2)S(=O)(=O)c1ccccn1. The predicted octanol–water partition coefficient (Wildman–Crippen LogP) is 1.65. The Morgan fingerprint density at radius 3 is 2.62 bits per heavy atom. The van der Waals surface area contributed by atoms with Crippen molar-refractivity contribution in [3.63, 3.8) is 0 Å². The molecule has 1 aliphatic rings. The van der Waals surface area contributed by atoms with Gasteiger partial charge in [-0.2, -0.15) is 0 Å². The van der Waals surface area contributed by atoms with E-state index in [2.05, 4.69) is 10.3 Å². The maximum absolute atomic E-state index is 12.4. The first kappa shape index (κ1) is 16.3. The van der Waals surface area contributed by atoms with Crippen LogP contribution in [0.2, 0.25) is 0 Å². The summed E-state index contributed by atoms with van der Waals surface area (Å²) in [6.45, 7) is 2.23. The molecule has 0 spiro atoms. The number of benzene rings is 1. The molecule has 24 heavy (non-hydrogen) atoms. The monoisotopic (exact) mass is 348 g/mol. The van der Waals surface area contributed by atoms with Crippen molar-refractivity contribution in [2.75, 3.05) is 18.5 Å². The Labute approximate surface area is 139 Å². The highest BCUT2D eigenvalue weighted by atomic mass is 32.2. The van der Waals surface area contributed by atoms with Crippen LogP contribution < -0.4 is 14.8 Å². The fraction of sp³-hybridized carbons (Fsp3) is 0.250. The van der Waals surface area contributed by atoms with Crippen LogP contribution >= 0.6 is 0 Å². The number of nitrogens with zero attached hydrogens (tertiary/aromatic N) is 1. The van der Waals surface area contributed by atoms with E-state index in [0.717, 1.165) is 0 Å². The van der Waals surface area contributed by atoms with Crippen LogP contribution in [-0.2, 0) is 14.6 Å². The van der Waals surface area contributed by atoms with Gasteiger partial charge in [-0.1, -0.05) is 6.07 Å². The molecule has 2 heterocycles. The number of carbonyl (C=O) groups excluding carboxylic acids is 1. The molecule has 8 heteroatoms. The molecule has 0 aliphatic carbocycles. The third-order valence-electron chi connectivity index (χ3n) is 3.57. The number of pyridine rings is 1. The molecule has 1 aromatic carbocycles. The Balaban J connectivity index is 1.77. The van der Waals surface area contributed by atoms with E-state index in [1.807, 2.05) is 0 Å². The molecule has 1 atom stereocenters. The number of hydrogen-bond donors (Lipinski definition) is 1. The van der Waals surface area contributed by atoms with Crippen LogP contribution in [-0.4, -0.2) is 37.8 Å². The topological polar surface area (TPSA) is 94.6 Å². The van der Waals surface area contributed by atoms with E-state index in [1.54, 1.807) is 30.3 Å². The first-order chi connectivity index (χ1) is 11.5.